The van der Waals surface area contributed by atoms with Gasteiger partial charge in [-0.1, -0.05) is 13.8 Å². The van der Waals surface area contributed by atoms with Crippen LogP contribution in [-0.4, -0.2) is 39.9 Å². The summed E-state index contributed by atoms with van der Waals surface area (Å²) in [5, 5.41) is 12.8. The normalized spacial score (nSPS) is 18.0. The Kier molecular flexibility index (Phi) is 5.03. The third-order valence-corrected chi connectivity index (χ3v) is 4.99. The average molecular weight is 348 g/mol. The molecule has 8 heteroatoms. The van der Waals surface area contributed by atoms with Crippen LogP contribution in [-0.2, 0) is 7.05 Å². The number of nitrogens with zero attached hydrogens (tertiary/aromatic N) is 4. The Balaban J connectivity index is 1.55. The van der Waals surface area contributed by atoms with Crippen molar-refractivity contribution in [3.8, 4) is 0 Å². The van der Waals surface area contributed by atoms with Crippen LogP contribution in [0.25, 0.3) is 0 Å². The molecule has 1 unspecified atom stereocenters. The Hall–Kier alpha value is -2.09. The molecule has 1 saturated heterocycles. The number of aryl methyl sites for hydroxylation is 1. The van der Waals surface area contributed by atoms with Gasteiger partial charge in [0, 0.05) is 37.6 Å². The molecular formula is C16H24N6OS. The number of hydrogen-bond acceptors (Lipinski definition) is 5. The van der Waals surface area contributed by atoms with E-state index >= 15 is 0 Å². The molecule has 1 atom stereocenters. The number of piperidine rings is 1. The molecule has 1 aliphatic rings. The van der Waals surface area contributed by atoms with E-state index < -0.39 is 0 Å². The molecule has 7 nitrogen and oxygen atoms in total. The van der Waals surface area contributed by atoms with Gasteiger partial charge in [-0.15, -0.1) is 11.3 Å². The summed E-state index contributed by atoms with van der Waals surface area (Å²) in [6.45, 7) is 5.97. The van der Waals surface area contributed by atoms with E-state index in [1.165, 1.54) is 11.3 Å². The lowest BCUT2D eigenvalue weighted by Gasteiger charge is -2.34. The fourth-order valence-electron chi connectivity index (χ4n) is 2.91. The molecule has 24 heavy (non-hydrogen) atoms. The van der Waals surface area contributed by atoms with Crippen molar-refractivity contribution in [3.63, 3.8) is 0 Å². The second kappa shape index (κ2) is 7.21. The summed E-state index contributed by atoms with van der Waals surface area (Å²) in [4.78, 5) is 18.9. The zero-order valence-electron chi connectivity index (χ0n) is 14.3. The number of rotatable bonds is 4. The van der Waals surface area contributed by atoms with Crippen LogP contribution in [0.15, 0.2) is 17.6 Å². The van der Waals surface area contributed by atoms with Gasteiger partial charge in [0.25, 0.3) is 0 Å². The van der Waals surface area contributed by atoms with Gasteiger partial charge in [0.15, 0.2) is 5.13 Å². The molecule has 0 aliphatic carbocycles. The fourth-order valence-corrected chi connectivity index (χ4v) is 3.77. The zero-order chi connectivity index (χ0) is 17.1. The van der Waals surface area contributed by atoms with Crippen LogP contribution in [0.1, 0.15) is 38.3 Å². The molecule has 0 aromatic carbocycles. The summed E-state index contributed by atoms with van der Waals surface area (Å²) in [5.41, 5.74) is 1.01. The zero-order valence-corrected chi connectivity index (χ0v) is 15.1. The summed E-state index contributed by atoms with van der Waals surface area (Å²) in [6, 6.07) is 1.94. The number of amides is 2. The SMILES string of the molecule is CC(C)c1csc(NC(=O)NC2CCCN(c3ccnn3C)C2)n1. The Morgan fingerprint density at radius 2 is 2.29 bits per heavy atom. The van der Waals surface area contributed by atoms with E-state index in [-0.39, 0.29) is 12.1 Å². The number of aromatic nitrogens is 3. The number of anilines is 2. The maximum Gasteiger partial charge on any atom is 0.321 e. The van der Waals surface area contributed by atoms with Crippen LogP contribution < -0.4 is 15.5 Å². The van der Waals surface area contributed by atoms with E-state index in [0.29, 0.717) is 11.0 Å². The summed E-state index contributed by atoms with van der Waals surface area (Å²) < 4.78 is 1.87. The first-order valence-corrected chi connectivity index (χ1v) is 9.17. The van der Waals surface area contributed by atoms with Gasteiger partial charge in [0.1, 0.15) is 5.82 Å². The summed E-state index contributed by atoms with van der Waals surface area (Å²) in [7, 11) is 1.94. The number of nitrogens with one attached hydrogen (secondary N) is 2. The van der Waals surface area contributed by atoms with Gasteiger partial charge in [0.2, 0.25) is 0 Å². The smallest absolute Gasteiger partial charge is 0.321 e. The highest BCUT2D eigenvalue weighted by Gasteiger charge is 2.23. The van der Waals surface area contributed by atoms with E-state index in [2.05, 4.69) is 39.5 Å². The largest absolute Gasteiger partial charge is 0.355 e. The van der Waals surface area contributed by atoms with Gasteiger partial charge in [-0.3, -0.25) is 10.00 Å². The third kappa shape index (κ3) is 3.87. The van der Waals surface area contributed by atoms with Gasteiger partial charge >= 0.3 is 6.03 Å². The molecule has 0 bridgehead atoms. The second-order valence-corrected chi connectivity index (χ2v) is 7.29. The van der Waals surface area contributed by atoms with Crippen molar-refractivity contribution in [2.75, 3.05) is 23.3 Å². The number of carbonyl (C=O) groups excluding carboxylic acids is 1. The Labute approximate surface area is 146 Å². The third-order valence-electron chi connectivity index (χ3n) is 4.21. The second-order valence-electron chi connectivity index (χ2n) is 6.43. The lowest BCUT2D eigenvalue weighted by molar-refractivity contribution is 0.246. The molecule has 1 fully saturated rings. The average Bonchev–Trinajstić information content (AvgIpc) is 3.16. The Bertz CT molecular complexity index is 694. The molecule has 2 amide bonds. The molecule has 2 aromatic rings. The highest BCUT2D eigenvalue weighted by atomic mass is 32.1. The molecule has 1 aliphatic heterocycles. The fraction of sp³-hybridized carbons (Fsp3) is 0.562. The minimum absolute atomic E-state index is 0.123. The lowest BCUT2D eigenvalue weighted by Crippen LogP contribution is -2.49. The Morgan fingerprint density at radius 1 is 1.46 bits per heavy atom. The van der Waals surface area contributed by atoms with Crippen LogP contribution in [0.3, 0.4) is 0 Å². The van der Waals surface area contributed by atoms with E-state index in [0.717, 1.165) is 37.4 Å². The van der Waals surface area contributed by atoms with Crippen LogP contribution >= 0.6 is 11.3 Å². The number of urea groups is 1. The van der Waals surface area contributed by atoms with Gasteiger partial charge in [-0.05, 0) is 18.8 Å². The molecule has 0 saturated carbocycles. The van der Waals surface area contributed by atoms with Gasteiger partial charge < -0.3 is 10.2 Å². The minimum Gasteiger partial charge on any atom is -0.355 e. The van der Waals surface area contributed by atoms with E-state index in [9.17, 15) is 4.79 Å². The van der Waals surface area contributed by atoms with Crippen LogP contribution in [0.4, 0.5) is 15.7 Å². The summed E-state index contributed by atoms with van der Waals surface area (Å²) >= 11 is 1.46. The van der Waals surface area contributed by atoms with Crippen molar-refractivity contribution in [1.82, 2.24) is 20.1 Å². The van der Waals surface area contributed by atoms with Gasteiger partial charge in [0.05, 0.1) is 11.9 Å². The predicted octanol–water partition coefficient (Wildman–Crippen LogP) is 2.79. The predicted molar refractivity (Wildman–Crippen MR) is 96.8 cm³/mol. The topological polar surface area (TPSA) is 75.1 Å². The highest BCUT2D eigenvalue weighted by Crippen LogP contribution is 2.22. The quantitative estimate of drug-likeness (QED) is 0.891. The summed E-state index contributed by atoms with van der Waals surface area (Å²) in [5.74, 6) is 1.45. The Morgan fingerprint density at radius 3 is 2.96 bits per heavy atom. The molecule has 2 aromatic heterocycles. The van der Waals surface area contributed by atoms with Crippen molar-refractivity contribution >= 4 is 28.3 Å². The van der Waals surface area contributed by atoms with Crippen molar-refractivity contribution in [1.29, 1.82) is 0 Å². The molecule has 130 valence electrons. The first-order valence-electron chi connectivity index (χ1n) is 8.29. The maximum absolute atomic E-state index is 12.2. The highest BCUT2D eigenvalue weighted by molar-refractivity contribution is 7.13. The molecule has 3 rings (SSSR count). The van der Waals surface area contributed by atoms with Crippen molar-refractivity contribution in [2.45, 2.75) is 38.6 Å². The standard InChI is InChI=1S/C16H24N6OS/c1-11(2)13-10-24-16(19-13)20-15(23)18-12-5-4-8-22(9-12)14-6-7-17-21(14)3/h6-7,10-12H,4-5,8-9H2,1-3H3,(H2,18,19,20,23). The molecule has 0 spiro atoms. The first-order chi connectivity index (χ1) is 11.5. The molecule has 0 radical (unpaired) electrons. The number of thiazole rings is 1. The lowest BCUT2D eigenvalue weighted by atomic mass is 10.1. The van der Waals surface area contributed by atoms with Crippen molar-refractivity contribution in [2.24, 2.45) is 7.05 Å². The monoisotopic (exact) mass is 348 g/mol. The number of carbonyl (C=O) groups is 1. The minimum atomic E-state index is -0.184. The molecule has 2 N–H and O–H groups in total. The van der Waals surface area contributed by atoms with Crippen LogP contribution in [0.2, 0.25) is 0 Å². The molecular weight excluding hydrogens is 324 g/mol. The summed E-state index contributed by atoms with van der Waals surface area (Å²) in [6.07, 6.45) is 3.83. The van der Waals surface area contributed by atoms with Crippen LogP contribution in [0, 0.1) is 0 Å². The van der Waals surface area contributed by atoms with Crippen LogP contribution in [0.5, 0.6) is 0 Å². The van der Waals surface area contributed by atoms with Crippen molar-refractivity contribution < 1.29 is 4.79 Å². The van der Waals surface area contributed by atoms with Gasteiger partial charge in [-0.25, -0.2) is 9.78 Å². The van der Waals surface area contributed by atoms with E-state index in [1.807, 2.05) is 23.2 Å². The van der Waals surface area contributed by atoms with E-state index in [1.54, 1.807) is 6.20 Å². The number of hydrogen-bond donors (Lipinski definition) is 2. The van der Waals surface area contributed by atoms with Crippen molar-refractivity contribution in [3.05, 3.63) is 23.3 Å². The molecule has 3 heterocycles. The van der Waals surface area contributed by atoms with Gasteiger partial charge in [-0.2, -0.15) is 5.10 Å². The maximum atomic E-state index is 12.2. The van der Waals surface area contributed by atoms with E-state index in [4.69, 9.17) is 0 Å². The first kappa shape index (κ1) is 16.8.